The van der Waals surface area contributed by atoms with Gasteiger partial charge in [-0.25, -0.2) is 9.37 Å². The smallest absolute Gasteiger partial charge is 0.213 e. The van der Waals surface area contributed by atoms with Gasteiger partial charge in [-0.1, -0.05) is 6.07 Å². The van der Waals surface area contributed by atoms with E-state index in [9.17, 15) is 8.78 Å². The Hall–Kier alpha value is -1.77. The van der Waals surface area contributed by atoms with E-state index in [1.54, 1.807) is 25.1 Å². The Morgan fingerprint density at radius 3 is 2.53 bits per heavy atom. The number of aromatic nitrogens is 1. The molecule has 0 N–H and O–H groups in total. The van der Waals surface area contributed by atoms with Crippen LogP contribution in [0.15, 0.2) is 36.4 Å². The topological polar surface area (TPSA) is 12.9 Å². The summed E-state index contributed by atoms with van der Waals surface area (Å²) in [6, 6.07) is 8.91. The number of pyridine rings is 1. The molecule has 3 heteroatoms. The van der Waals surface area contributed by atoms with E-state index in [-0.39, 0.29) is 5.82 Å². The Bertz CT molecular complexity index is 495. The summed E-state index contributed by atoms with van der Waals surface area (Å²) in [5.74, 6) is -0.830. The summed E-state index contributed by atoms with van der Waals surface area (Å²) >= 11 is 0. The fourth-order valence-corrected chi connectivity index (χ4v) is 1.47. The standard InChI is InChI=1S/C12H9F2N/c1-8-7-9(13)5-6-10(8)11-3-2-4-12(14)15-11/h2-7H,1H3. The SMILES string of the molecule is Cc1cc(F)ccc1-c1cccc(F)n1. The van der Waals surface area contributed by atoms with Gasteiger partial charge in [0, 0.05) is 5.56 Å². The second-order valence-electron chi connectivity index (χ2n) is 3.30. The summed E-state index contributed by atoms with van der Waals surface area (Å²) in [6.07, 6.45) is 0. The number of aryl methyl sites for hydroxylation is 1. The minimum Gasteiger partial charge on any atom is -0.220 e. The van der Waals surface area contributed by atoms with Crippen molar-refractivity contribution < 1.29 is 8.78 Å². The van der Waals surface area contributed by atoms with Crippen LogP contribution in [0.1, 0.15) is 5.56 Å². The quantitative estimate of drug-likeness (QED) is 0.650. The minimum atomic E-state index is -0.531. The Balaban J connectivity index is 2.54. The molecule has 1 nitrogen and oxygen atoms in total. The van der Waals surface area contributed by atoms with Crippen molar-refractivity contribution in [3.63, 3.8) is 0 Å². The van der Waals surface area contributed by atoms with Gasteiger partial charge in [0.25, 0.3) is 0 Å². The highest BCUT2D eigenvalue weighted by Crippen LogP contribution is 2.21. The molecule has 0 fully saturated rings. The summed E-state index contributed by atoms with van der Waals surface area (Å²) in [5, 5.41) is 0. The van der Waals surface area contributed by atoms with Crippen molar-refractivity contribution in [1.29, 1.82) is 0 Å². The lowest BCUT2D eigenvalue weighted by molar-refractivity contribution is 0.585. The summed E-state index contributed by atoms with van der Waals surface area (Å²) in [7, 11) is 0. The first-order chi connectivity index (χ1) is 7.16. The molecule has 2 aromatic rings. The molecule has 0 atom stereocenters. The lowest BCUT2D eigenvalue weighted by atomic mass is 10.1. The molecule has 2 rings (SSSR count). The summed E-state index contributed by atoms with van der Waals surface area (Å²) in [4.78, 5) is 3.74. The van der Waals surface area contributed by atoms with E-state index >= 15 is 0 Å². The number of hydrogen-bond donors (Lipinski definition) is 0. The maximum absolute atomic E-state index is 12.9. The van der Waals surface area contributed by atoms with Gasteiger partial charge in [-0.3, -0.25) is 0 Å². The zero-order valence-electron chi connectivity index (χ0n) is 8.17. The number of nitrogens with zero attached hydrogens (tertiary/aromatic N) is 1. The van der Waals surface area contributed by atoms with Crippen molar-refractivity contribution in [3.05, 3.63) is 53.7 Å². The molecule has 0 aliphatic heterocycles. The molecular weight excluding hydrogens is 196 g/mol. The van der Waals surface area contributed by atoms with Crippen LogP contribution < -0.4 is 0 Å². The number of hydrogen-bond acceptors (Lipinski definition) is 1. The first kappa shape index (κ1) is 9.77. The zero-order chi connectivity index (χ0) is 10.8. The molecule has 1 aromatic carbocycles. The molecule has 0 bridgehead atoms. The van der Waals surface area contributed by atoms with Crippen LogP contribution in [-0.4, -0.2) is 4.98 Å². The fraction of sp³-hybridized carbons (Fsp3) is 0.0833. The van der Waals surface area contributed by atoms with Crippen molar-refractivity contribution in [2.75, 3.05) is 0 Å². The first-order valence-corrected chi connectivity index (χ1v) is 4.56. The molecule has 0 aliphatic rings. The lowest BCUT2D eigenvalue weighted by Gasteiger charge is -2.04. The van der Waals surface area contributed by atoms with E-state index in [1.807, 2.05) is 0 Å². The van der Waals surface area contributed by atoms with Crippen LogP contribution in [0.4, 0.5) is 8.78 Å². The third-order valence-corrected chi connectivity index (χ3v) is 2.18. The monoisotopic (exact) mass is 205 g/mol. The van der Waals surface area contributed by atoms with Crippen molar-refractivity contribution >= 4 is 0 Å². The zero-order valence-corrected chi connectivity index (χ0v) is 8.17. The largest absolute Gasteiger partial charge is 0.220 e. The van der Waals surface area contributed by atoms with E-state index in [4.69, 9.17) is 0 Å². The summed E-state index contributed by atoms with van der Waals surface area (Å²) in [6.45, 7) is 1.77. The van der Waals surface area contributed by atoms with Crippen LogP contribution in [0.2, 0.25) is 0 Å². The Morgan fingerprint density at radius 2 is 1.87 bits per heavy atom. The van der Waals surface area contributed by atoms with Crippen LogP contribution in [-0.2, 0) is 0 Å². The predicted molar refractivity (Wildman–Crippen MR) is 54.3 cm³/mol. The molecule has 15 heavy (non-hydrogen) atoms. The predicted octanol–water partition coefficient (Wildman–Crippen LogP) is 3.34. The minimum absolute atomic E-state index is 0.298. The Morgan fingerprint density at radius 1 is 1.07 bits per heavy atom. The van der Waals surface area contributed by atoms with Gasteiger partial charge in [-0.05, 0) is 42.8 Å². The van der Waals surface area contributed by atoms with Gasteiger partial charge in [-0.15, -0.1) is 0 Å². The molecule has 1 aromatic heterocycles. The highest BCUT2D eigenvalue weighted by molar-refractivity contribution is 5.63. The number of halogens is 2. The third-order valence-electron chi connectivity index (χ3n) is 2.18. The Kier molecular flexibility index (Phi) is 2.46. The van der Waals surface area contributed by atoms with E-state index in [0.29, 0.717) is 5.69 Å². The molecule has 0 spiro atoms. The van der Waals surface area contributed by atoms with Gasteiger partial charge in [0.1, 0.15) is 5.82 Å². The number of benzene rings is 1. The molecule has 0 saturated carbocycles. The molecule has 0 unspecified atom stereocenters. The van der Waals surface area contributed by atoms with Gasteiger partial charge in [0.05, 0.1) is 5.69 Å². The van der Waals surface area contributed by atoms with Crippen LogP contribution in [0.5, 0.6) is 0 Å². The lowest BCUT2D eigenvalue weighted by Crippen LogP contribution is -1.90. The van der Waals surface area contributed by atoms with Crippen molar-refractivity contribution in [2.45, 2.75) is 6.92 Å². The average Bonchev–Trinajstić information content (AvgIpc) is 2.17. The molecular formula is C12H9F2N. The maximum atomic E-state index is 12.9. The van der Waals surface area contributed by atoms with Crippen LogP contribution >= 0.6 is 0 Å². The number of rotatable bonds is 1. The second kappa shape index (κ2) is 3.77. The van der Waals surface area contributed by atoms with Gasteiger partial charge in [0.2, 0.25) is 5.95 Å². The fourth-order valence-electron chi connectivity index (χ4n) is 1.47. The first-order valence-electron chi connectivity index (χ1n) is 4.56. The Labute approximate surface area is 86.4 Å². The molecule has 0 radical (unpaired) electrons. The van der Waals surface area contributed by atoms with E-state index < -0.39 is 5.95 Å². The highest BCUT2D eigenvalue weighted by Gasteiger charge is 2.04. The van der Waals surface area contributed by atoms with Crippen LogP contribution in [0, 0.1) is 18.7 Å². The van der Waals surface area contributed by atoms with Crippen LogP contribution in [0.25, 0.3) is 11.3 Å². The van der Waals surface area contributed by atoms with Crippen molar-refractivity contribution in [2.24, 2.45) is 0 Å². The summed E-state index contributed by atoms with van der Waals surface area (Å²) in [5.41, 5.74) is 2.01. The van der Waals surface area contributed by atoms with Gasteiger partial charge >= 0.3 is 0 Å². The van der Waals surface area contributed by atoms with E-state index in [0.717, 1.165) is 11.1 Å². The van der Waals surface area contributed by atoms with Crippen molar-refractivity contribution in [1.82, 2.24) is 4.98 Å². The van der Waals surface area contributed by atoms with Crippen LogP contribution in [0.3, 0.4) is 0 Å². The molecule has 76 valence electrons. The normalized spacial score (nSPS) is 10.3. The van der Waals surface area contributed by atoms with Crippen molar-refractivity contribution in [3.8, 4) is 11.3 Å². The van der Waals surface area contributed by atoms with Gasteiger partial charge in [-0.2, -0.15) is 4.39 Å². The maximum Gasteiger partial charge on any atom is 0.213 e. The van der Waals surface area contributed by atoms with E-state index in [2.05, 4.69) is 4.98 Å². The summed E-state index contributed by atoms with van der Waals surface area (Å²) < 4.78 is 25.7. The van der Waals surface area contributed by atoms with Gasteiger partial charge in [0.15, 0.2) is 0 Å². The molecule has 1 heterocycles. The molecule has 0 aliphatic carbocycles. The third kappa shape index (κ3) is 2.01. The molecule has 0 amide bonds. The van der Waals surface area contributed by atoms with E-state index in [1.165, 1.54) is 18.2 Å². The van der Waals surface area contributed by atoms with Gasteiger partial charge < -0.3 is 0 Å². The second-order valence-corrected chi connectivity index (χ2v) is 3.30. The average molecular weight is 205 g/mol. The highest BCUT2D eigenvalue weighted by atomic mass is 19.1. The molecule has 0 saturated heterocycles.